The number of rotatable bonds is 7. The zero-order valence-corrected chi connectivity index (χ0v) is 19.0. The first-order valence-electron chi connectivity index (χ1n) is 10.1. The summed E-state index contributed by atoms with van der Waals surface area (Å²) in [6.45, 7) is 4.11. The molecule has 1 N–H and O–H groups in total. The van der Waals surface area contributed by atoms with Crippen LogP contribution in [0.15, 0.2) is 34.4 Å². The number of nitrogens with one attached hydrogen (secondary N) is 1. The number of hydrogen-bond donors (Lipinski definition) is 1. The second-order valence-corrected chi connectivity index (χ2v) is 8.26. The van der Waals surface area contributed by atoms with Crippen molar-refractivity contribution in [3.8, 4) is 16.9 Å². The fourth-order valence-corrected chi connectivity index (χ4v) is 4.46. The lowest BCUT2D eigenvalue weighted by Gasteiger charge is -2.07. The molecule has 4 rings (SSSR count). The Morgan fingerprint density at radius 3 is 2.79 bits per heavy atom. The van der Waals surface area contributed by atoms with Gasteiger partial charge in [-0.25, -0.2) is 18.4 Å². The third-order valence-corrected chi connectivity index (χ3v) is 5.95. The molecule has 8 nitrogen and oxygen atoms in total. The molecule has 0 unspecified atom stereocenters. The fourth-order valence-electron chi connectivity index (χ4n) is 3.53. The summed E-state index contributed by atoms with van der Waals surface area (Å²) < 4.78 is 35.6. The topological polar surface area (TPSA) is 90.5 Å². The Labute approximate surface area is 191 Å². The number of carbonyl (C=O) groups is 1. The molecule has 0 aliphatic carbocycles. The van der Waals surface area contributed by atoms with Gasteiger partial charge < -0.3 is 10.1 Å². The molecule has 0 radical (unpaired) electrons. The van der Waals surface area contributed by atoms with Crippen LogP contribution >= 0.6 is 11.3 Å². The molecule has 1 aromatic carbocycles. The van der Waals surface area contributed by atoms with Crippen LogP contribution in [0.25, 0.3) is 21.9 Å². The number of hydrogen-bond acceptors (Lipinski definition) is 6. The van der Waals surface area contributed by atoms with Gasteiger partial charge in [0.05, 0.1) is 24.3 Å². The van der Waals surface area contributed by atoms with E-state index in [1.165, 1.54) is 20.4 Å². The summed E-state index contributed by atoms with van der Waals surface area (Å²) in [5, 5.41) is 8.82. The van der Waals surface area contributed by atoms with E-state index in [4.69, 9.17) is 4.74 Å². The van der Waals surface area contributed by atoms with Gasteiger partial charge in [-0.1, -0.05) is 0 Å². The molecule has 0 atom stereocenters. The number of fused-ring (bicyclic) bond motifs is 1. The van der Waals surface area contributed by atoms with Crippen molar-refractivity contribution in [1.29, 1.82) is 0 Å². The van der Waals surface area contributed by atoms with E-state index in [0.717, 1.165) is 18.2 Å². The fraction of sp³-hybridized carbons (Fsp3) is 0.273. The molecule has 172 valence electrons. The summed E-state index contributed by atoms with van der Waals surface area (Å²) in [4.78, 5) is 30.7. The van der Waals surface area contributed by atoms with Gasteiger partial charge in [0, 0.05) is 36.5 Å². The van der Waals surface area contributed by atoms with Gasteiger partial charge in [0.15, 0.2) is 4.96 Å². The minimum absolute atomic E-state index is 0.00419. The number of halogens is 2. The lowest BCUT2D eigenvalue weighted by atomic mass is 10.1. The summed E-state index contributed by atoms with van der Waals surface area (Å²) in [5.41, 5.74) is 1.52. The van der Waals surface area contributed by atoms with Gasteiger partial charge in [-0.15, -0.1) is 11.3 Å². The molecule has 4 aromatic rings. The predicted octanol–water partition coefficient (Wildman–Crippen LogP) is 2.81. The van der Waals surface area contributed by atoms with Gasteiger partial charge in [-0.3, -0.25) is 14.0 Å². The maximum atomic E-state index is 14.3. The molecule has 33 heavy (non-hydrogen) atoms. The summed E-state index contributed by atoms with van der Waals surface area (Å²) in [6.07, 6.45) is -0.00419. The highest BCUT2D eigenvalue weighted by molar-refractivity contribution is 7.15. The highest BCUT2D eigenvalue weighted by Crippen LogP contribution is 2.24. The summed E-state index contributed by atoms with van der Waals surface area (Å²) in [7, 11) is 1.54. The van der Waals surface area contributed by atoms with Gasteiger partial charge in [0.25, 0.3) is 5.56 Å². The lowest BCUT2D eigenvalue weighted by Crippen LogP contribution is -2.30. The van der Waals surface area contributed by atoms with Crippen LogP contribution in [-0.2, 0) is 16.0 Å². The molecule has 0 spiro atoms. The molecule has 0 fully saturated rings. The Morgan fingerprint density at radius 2 is 2.03 bits per heavy atom. The number of ether oxygens (including phenoxy) is 1. The molecule has 0 saturated heterocycles. The average Bonchev–Trinajstić information content (AvgIpc) is 3.33. The maximum absolute atomic E-state index is 14.3. The molecule has 0 aliphatic rings. The van der Waals surface area contributed by atoms with Crippen LogP contribution in [0.4, 0.5) is 8.78 Å². The standard InChI is InChI=1S/C22H21F2N5O3S/c1-12-8-17(27-29(12)18-9-14(23)4-5-16(18)24)20-13(2)26-22-28(21(20)31)15(11-33-22)10-19(30)25-6-7-32-3/h4-5,8-9,11H,6-7,10H2,1-3H3,(H,25,30). The van der Waals surface area contributed by atoms with Crippen LogP contribution in [0.1, 0.15) is 17.1 Å². The molecule has 0 aliphatic heterocycles. The van der Waals surface area contributed by atoms with Crippen molar-refractivity contribution in [3.05, 3.63) is 68.7 Å². The summed E-state index contributed by atoms with van der Waals surface area (Å²) in [6, 6.07) is 4.70. The van der Waals surface area contributed by atoms with Crippen molar-refractivity contribution >= 4 is 22.2 Å². The van der Waals surface area contributed by atoms with E-state index in [9.17, 15) is 18.4 Å². The minimum atomic E-state index is -0.643. The van der Waals surface area contributed by atoms with E-state index < -0.39 is 11.6 Å². The van der Waals surface area contributed by atoms with Gasteiger partial charge in [0.1, 0.15) is 23.0 Å². The van der Waals surface area contributed by atoms with E-state index >= 15 is 0 Å². The smallest absolute Gasteiger partial charge is 0.268 e. The van der Waals surface area contributed by atoms with Crippen LogP contribution in [0.2, 0.25) is 0 Å². The van der Waals surface area contributed by atoms with Crippen molar-refractivity contribution in [1.82, 2.24) is 24.5 Å². The number of carbonyl (C=O) groups excluding carboxylic acids is 1. The van der Waals surface area contributed by atoms with E-state index in [1.807, 2.05) is 0 Å². The molecular formula is C22H21F2N5O3S. The number of nitrogens with zero attached hydrogens (tertiary/aromatic N) is 4. The number of methoxy groups -OCH3 is 1. The van der Waals surface area contributed by atoms with Crippen LogP contribution < -0.4 is 10.9 Å². The second-order valence-electron chi connectivity index (χ2n) is 7.42. The Hall–Kier alpha value is -3.44. The number of benzene rings is 1. The van der Waals surface area contributed by atoms with Crippen LogP contribution in [0, 0.1) is 25.5 Å². The van der Waals surface area contributed by atoms with Crippen molar-refractivity contribution in [2.24, 2.45) is 0 Å². The van der Waals surface area contributed by atoms with Gasteiger partial charge in [-0.2, -0.15) is 5.10 Å². The van der Waals surface area contributed by atoms with E-state index in [1.54, 1.807) is 32.4 Å². The Balaban J connectivity index is 1.77. The number of thiazole rings is 1. The largest absolute Gasteiger partial charge is 0.383 e. The highest BCUT2D eigenvalue weighted by Gasteiger charge is 2.21. The van der Waals surface area contributed by atoms with Crippen LogP contribution in [-0.4, -0.2) is 45.3 Å². The Morgan fingerprint density at radius 1 is 1.24 bits per heavy atom. The van der Waals surface area contributed by atoms with E-state index in [-0.39, 0.29) is 34.8 Å². The summed E-state index contributed by atoms with van der Waals surface area (Å²) in [5.74, 6) is -1.49. The second kappa shape index (κ2) is 9.20. The third kappa shape index (κ3) is 4.41. The zero-order valence-electron chi connectivity index (χ0n) is 18.2. The predicted molar refractivity (Wildman–Crippen MR) is 120 cm³/mol. The molecule has 3 heterocycles. The lowest BCUT2D eigenvalue weighted by molar-refractivity contribution is -0.120. The van der Waals surface area contributed by atoms with Crippen molar-refractivity contribution in [3.63, 3.8) is 0 Å². The number of aromatic nitrogens is 4. The number of aryl methyl sites for hydroxylation is 2. The average molecular weight is 474 g/mol. The first-order chi connectivity index (χ1) is 15.8. The number of amides is 1. The van der Waals surface area contributed by atoms with Gasteiger partial charge in [0.2, 0.25) is 5.91 Å². The van der Waals surface area contributed by atoms with Crippen molar-refractivity contribution < 1.29 is 18.3 Å². The molecule has 11 heteroatoms. The Kier molecular flexibility index (Phi) is 6.34. The van der Waals surface area contributed by atoms with Gasteiger partial charge in [-0.05, 0) is 32.0 Å². The quantitative estimate of drug-likeness (QED) is 0.417. The first-order valence-corrected chi connectivity index (χ1v) is 11.0. The maximum Gasteiger partial charge on any atom is 0.268 e. The van der Waals surface area contributed by atoms with Crippen LogP contribution in [0.5, 0.6) is 0 Å². The van der Waals surface area contributed by atoms with Crippen LogP contribution in [0.3, 0.4) is 0 Å². The summed E-state index contributed by atoms with van der Waals surface area (Å²) >= 11 is 1.26. The van der Waals surface area contributed by atoms with Crippen molar-refractivity contribution in [2.45, 2.75) is 20.3 Å². The monoisotopic (exact) mass is 473 g/mol. The normalized spacial score (nSPS) is 11.3. The first kappa shape index (κ1) is 22.7. The van der Waals surface area contributed by atoms with E-state index in [0.29, 0.717) is 35.2 Å². The van der Waals surface area contributed by atoms with E-state index in [2.05, 4.69) is 15.4 Å². The van der Waals surface area contributed by atoms with Gasteiger partial charge >= 0.3 is 0 Å². The molecule has 1 amide bonds. The molecule has 0 bridgehead atoms. The Bertz CT molecular complexity index is 1410. The molecule has 3 aromatic heterocycles. The SMILES string of the molecule is COCCNC(=O)Cc1csc2nc(C)c(-c3cc(C)n(-c4cc(F)ccc4F)n3)c(=O)n12. The highest BCUT2D eigenvalue weighted by atomic mass is 32.1. The zero-order chi connectivity index (χ0) is 23.7. The minimum Gasteiger partial charge on any atom is -0.383 e. The molecular weight excluding hydrogens is 452 g/mol. The third-order valence-electron chi connectivity index (χ3n) is 5.07. The van der Waals surface area contributed by atoms with Crippen molar-refractivity contribution in [2.75, 3.05) is 20.3 Å². The molecule has 0 saturated carbocycles.